The molecule has 2 aliphatic heterocycles. The molecule has 0 saturated carbocycles. The van der Waals surface area contributed by atoms with Gasteiger partial charge in [0, 0.05) is 38.6 Å². The van der Waals surface area contributed by atoms with Crippen molar-refractivity contribution in [3.05, 3.63) is 0 Å². The molecule has 1 N–H and O–H groups in total. The van der Waals surface area contributed by atoms with E-state index < -0.39 is 0 Å². The van der Waals surface area contributed by atoms with E-state index in [0.29, 0.717) is 13.0 Å². The van der Waals surface area contributed by atoms with Crippen molar-refractivity contribution in [1.82, 2.24) is 10.2 Å². The highest BCUT2D eigenvalue weighted by Crippen LogP contribution is 2.18. The molecule has 0 aromatic carbocycles. The lowest BCUT2D eigenvalue weighted by atomic mass is 9.95. The van der Waals surface area contributed by atoms with Crippen LogP contribution in [-0.2, 0) is 14.3 Å². The van der Waals surface area contributed by atoms with Crippen LogP contribution in [0.1, 0.15) is 45.4 Å². The highest BCUT2D eigenvalue weighted by molar-refractivity contribution is 5.80. The van der Waals surface area contributed by atoms with Crippen molar-refractivity contribution in [3.63, 3.8) is 0 Å². The topological polar surface area (TPSA) is 58.6 Å². The average molecular weight is 282 g/mol. The van der Waals surface area contributed by atoms with Gasteiger partial charge >= 0.3 is 0 Å². The summed E-state index contributed by atoms with van der Waals surface area (Å²) in [6, 6.07) is 0. The Kier molecular flexibility index (Phi) is 5.83. The van der Waals surface area contributed by atoms with Crippen molar-refractivity contribution in [2.75, 3.05) is 26.2 Å². The number of carbonyl (C=O) groups excluding carboxylic acids is 2. The van der Waals surface area contributed by atoms with Crippen molar-refractivity contribution in [1.29, 1.82) is 0 Å². The van der Waals surface area contributed by atoms with E-state index in [4.69, 9.17) is 4.74 Å². The molecule has 0 aromatic heterocycles. The van der Waals surface area contributed by atoms with Crippen LogP contribution in [-0.4, -0.2) is 49.1 Å². The second kappa shape index (κ2) is 7.62. The van der Waals surface area contributed by atoms with Gasteiger partial charge in [-0.25, -0.2) is 0 Å². The zero-order valence-electron chi connectivity index (χ0n) is 12.4. The highest BCUT2D eigenvalue weighted by Gasteiger charge is 2.27. The molecule has 0 aromatic rings. The minimum Gasteiger partial charge on any atom is -0.376 e. The van der Waals surface area contributed by atoms with Crippen LogP contribution in [0.15, 0.2) is 0 Å². The van der Waals surface area contributed by atoms with Crippen LogP contribution in [0.25, 0.3) is 0 Å². The largest absolute Gasteiger partial charge is 0.376 e. The molecule has 0 aliphatic carbocycles. The van der Waals surface area contributed by atoms with Gasteiger partial charge in [-0.05, 0) is 32.1 Å². The number of nitrogens with zero attached hydrogens (tertiary/aromatic N) is 1. The summed E-state index contributed by atoms with van der Waals surface area (Å²) < 4.78 is 5.50. The predicted molar refractivity (Wildman–Crippen MR) is 76.2 cm³/mol. The number of likely N-dealkylation sites (tertiary alicyclic amines) is 1. The van der Waals surface area contributed by atoms with Crippen LogP contribution in [0.2, 0.25) is 0 Å². The Bertz CT molecular complexity index is 332. The van der Waals surface area contributed by atoms with Crippen LogP contribution >= 0.6 is 0 Å². The Morgan fingerprint density at radius 3 is 2.60 bits per heavy atom. The molecule has 0 bridgehead atoms. The van der Waals surface area contributed by atoms with Gasteiger partial charge in [0.25, 0.3) is 0 Å². The lowest BCUT2D eigenvalue weighted by molar-refractivity contribution is -0.135. The molecule has 114 valence electrons. The molecule has 0 radical (unpaired) electrons. The fraction of sp³-hybridized carbons (Fsp3) is 0.867. The first-order valence-electron chi connectivity index (χ1n) is 7.87. The van der Waals surface area contributed by atoms with Crippen LogP contribution < -0.4 is 5.32 Å². The molecule has 2 saturated heterocycles. The van der Waals surface area contributed by atoms with E-state index in [2.05, 4.69) is 5.32 Å². The van der Waals surface area contributed by atoms with E-state index in [9.17, 15) is 9.59 Å². The van der Waals surface area contributed by atoms with E-state index in [1.807, 2.05) is 11.8 Å². The zero-order chi connectivity index (χ0) is 14.4. The molecule has 2 aliphatic rings. The van der Waals surface area contributed by atoms with Crippen molar-refractivity contribution < 1.29 is 14.3 Å². The van der Waals surface area contributed by atoms with Gasteiger partial charge in [-0.2, -0.15) is 0 Å². The first-order chi connectivity index (χ1) is 9.70. The second-order valence-corrected chi connectivity index (χ2v) is 5.79. The van der Waals surface area contributed by atoms with Crippen molar-refractivity contribution in [2.24, 2.45) is 5.92 Å². The quantitative estimate of drug-likeness (QED) is 0.827. The fourth-order valence-electron chi connectivity index (χ4n) is 2.93. The first kappa shape index (κ1) is 15.3. The summed E-state index contributed by atoms with van der Waals surface area (Å²) in [7, 11) is 0. The third-order valence-corrected chi connectivity index (χ3v) is 4.21. The Hall–Kier alpha value is -1.10. The normalized spacial score (nSPS) is 23.9. The first-order valence-corrected chi connectivity index (χ1v) is 7.87. The maximum absolute atomic E-state index is 12.1. The second-order valence-electron chi connectivity index (χ2n) is 5.79. The van der Waals surface area contributed by atoms with Gasteiger partial charge in [-0.3, -0.25) is 9.59 Å². The Labute approximate surface area is 121 Å². The number of carbonyl (C=O) groups is 2. The summed E-state index contributed by atoms with van der Waals surface area (Å²) in [4.78, 5) is 25.8. The van der Waals surface area contributed by atoms with Crippen molar-refractivity contribution >= 4 is 11.8 Å². The van der Waals surface area contributed by atoms with Crippen LogP contribution in [0.4, 0.5) is 0 Å². The molecule has 2 heterocycles. The SMILES string of the molecule is CCCC(=O)N1CCC(C(=O)NC[C@@H]2CCCO2)CC1. The van der Waals surface area contributed by atoms with E-state index in [1.54, 1.807) is 0 Å². The monoisotopic (exact) mass is 282 g/mol. The summed E-state index contributed by atoms with van der Waals surface area (Å²) in [5.41, 5.74) is 0. The summed E-state index contributed by atoms with van der Waals surface area (Å²) in [6.45, 7) is 4.91. The Morgan fingerprint density at radius 2 is 2.00 bits per heavy atom. The summed E-state index contributed by atoms with van der Waals surface area (Å²) in [6.07, 6.45) is 5.42. The van der Waals surface area contributed by atoms with E-state index in [1.165, 1.54) is 0 Å². The summed E-state index contributed by atoms with van der Waals surface area (Å²) >= 11 is 0. The summed E-state index contributed by atoms with van der Waals surface area (Å²) in [5.74, 6) is 0.413. The van der Waals surface area contributed by atoms with Gasteiger partial charge in [0.05, 0.1) is 6.10 Å². The van der Waals surface area contributed by atoms with Gasteiger partial charge in [0.1, 0.15) is 0 Å². The maximum atomic E-state index is 12.1. The zero-order valence-corrected chi connectivity index (χ0v) is 12.4. The lowest BCUT2D eigenvalue weighted by Crippen LogP contribution is -2.44. The molecule has 2 fully saturated rings. The third-order valence-electron chi connectivity index (χ3n) is 4.21. The molecular weight excluding hydrogens is 256 g/mol. The molecule has 1 atom stereocenters. The predicted octanol–water partition coefficient (Wildman–Crippen LogP) is 1.32. The number of ether oxygens (including phenoxy) is 1. The molecule has 0 unspecified atom stereocenters. The maximum Gasteiger partial charge on any atom is 0.223 e. The van der Waals surface area contributed by atoms with Gasteiger partial charge in [0.2, 0.25) is 11.8 Å². The number of nitrogens with one attached hydrogen (secondary N) is 1. The van der Waals surface area contributed by atoms with Gasteiger partial charge in [-0.15, -0.1) is 0 Å². The molecule has 5 nitrogen and oxygen atoms in total. The molecule has 0 spiro atoms. The Morgan fingerprint density at radius 1 is 1.25 bits per heavy atom. The molecule has 2 amide bonds. The van der Waals surface area contributed by atoms with Crippen LogP contribution in [0.3, 0.4) is 0 Å². The minimum atomic E-state index is 0.0575. The standard InChI is InChI=1S/C15H26N2O3/c1-2-4-14(18)17-8-6-12(7-9-17)15(19)16-11-13-5-3-10-20-13/h12-13H,2-11H2,1H3,(H,16,19)/t13-/m0/s1. The minimum absolute atomic E-state index is 0.0575. The third kappa shape index (κ3) is 4.20. The van der Waals surface area contributed by atoms with Crippen molar-refractivity contribution in [3.8, 4) is 0 Å². The van der Waals surface area contributed by atoms with Gasteiger partial charge in [0.15, 0.2) is 0 Å². The number of rotatable bonds is 5. The van der Waals surface area contributed by atoms with E-state index in [0.717, 1.165) is 51.8 Å². The van der Waals surface area contributed by atoms with Gasteiger partial charge < -0.3 is 15.0 Å². The van der Waals surface area contributed by atoms with Gasteiger partial charge in [-0.1, -0.05) is 6.92 Å². The number of piperidine rings is 1. The van der Waals surface area contributed by atoms with E-state index in [-0.39, 0.29) is 23.8 Å². The number of amides is 2. The number of hydrogen-bond donors (Lipinski definition) is 1. The molecule has 2 rings (SSSR count). The van der Waals surface area contributed by atoms with Crippen LogP contribution in [0.5, 0.6) is 0 Å². The summed E-state index contributed by atoms with van der Waals surface area (Å²) in [5, 5.41) is 3.00. The molecule has 20 heavy (non-hydrogen) atoms. The fourth-order valence-corrected chi connectivity index (χ4v) is 2.93. The van der Waals surface area contributed by atoms with Crippen molar-refractivity contribution in [2.45, 2.75) is 51.6 Å². The van der Waals surface area contributed by atoms with E-state index >= 15 is 0 Å². The molecule has 5 heteroatoms. The Balaban J connectivity index is 1.67. The highest BCUT2D eigenvalue weighted by atomic mass is 16.5. The lowest BCUT2D eigenvalue weighted by Gasteiger charge is -2.31. The average Bonchev–Trinajstić information content (AvgIpc) is 2.98. The number of hydrogen-bond acceptors (Lipinski definition) is 3. The van der Waals surface area contributed by atoms with Crippen LogP contribution in [0, 0.1) is 5.92 Å². The molecular formula is C15H26N2O3. The smallest absolute Gasteiger partial charge is 0.223 e.